The monoisotopic (exact) mass is 290 g/mol. The number of rotatable bonds is 8. The molecular formula is C17H26N2O2. The molecule has 4 heteroatoms. The summed E-state index contributed by atoms with van der Waals surface area (Å²) >= 11 is 0. The summed E-state index contributed by atoms with van der Waals surface area (Å²) in [4.78, 5) is 14.4. The molecule has 1 aromatic rings. The molecule has 0 spiro atoms. The molecule has 21 heavy (non-hydrogen) atoms. The summed E-state index contributed by atoms with van der Waals surface area (Å²) in [5.41, 5.74) is 0.565. The Morgan fingerprint density at radius 1 is 1.38 bits per heavy atom. The molecule has 0 aliphatic heterocycles. The molecule has 2 rings (SSSR count). The molecule has 0 radical (unpaired) electrons. The predicted molar refractivity (Wildman–Crippen MR) is 85.5 cm³/mol. The normalized spacial score (nSPS) is 17.1. The maximum Gasteiger partial charge on any atom is 0.326 e. The number of hydrogen-bond acceptors (Lipinski definition) is 4. The molecule has 1 unspecified atom stereocenters. The molecule has 0 bridgehead atoms. The van der Waals surface area contributed by atoms with Crippen LogP contribution in [0.5, 0.6) is 0 Å². The van der Waals surface area contributed by atoms with Gasteiger partial charge in [-0.3, -0.25) is 10.1 Å². The predicted octanol–water partition coefficient (Wildman–Crippen LogP) is 2.59. The molecule has 1 atom stereocenters. The number of esters is 1. The van der Waals surface area contributed by atoms with Crippen molar-refractivity contribution < 1.29 is 9.53 Å². The van der Waals surface area contributed by atoms with Crippen LogP contribution in [0.3, 0.4) is 0 Å². The number of anilines is 1. The minimum absolute atomic E-state index is 0.140. The van der Waals surface area contributed by atoms with E-state index >= 15 is 0 Å². The third-order valence-electron chi connectivity index (χ3n) is 3.97. The van der Waals surface area contributed by atoms with Gasteiger partial charge in [-0.1, -0.05) is 18.2 Å². The fraction of sp³-hybridized carbons (Fsp3) is 0.588. The Labute approximate surface area is 127 Å². The summed E-state index contributed by atoms with van der Waals surface area (Å²) in [6.45, 7) is 5.04. The van der Waals surface area contributed by atoms with Gasteiger partial charge in [0, 0.05) is 25.3 Å². The van der Waals surface area contributed by atoms with E-state index in [1.54, 1.807) is 0 Å². The molecule has 1 aliphatic rings. The van der Waals surface area contributed by atoms with Gasteiger partial charge in [0.15, 0.2) is 0 Å². The van der Waals surface area contributed by atoms with Gasteiger partial charge >= 0.3 is 5.97 Å². The van der Waals surface area contributed by atoms with Crippen LogP contribution in [0, 0.1) is 0 Å². The average Bonchev–Trinajstić information content (AvgIpc) is 3.30. The van der Waals surface area contributed by atoms with Crippen molar-refractivity contribution in [1.29, 1.82) is 0 Å². The Hall–Kier alpha value is -1.55. The van der Waals surface area contributed by atoms with Crippen LogP contribution in [0.1, 0.15) is 33.1 Å². The van der Waals surface area contributed by atoms with E-state index in [0.717, 1.165) is 31.5 Å². The standard InChI is InChI=1S/C17H26N2O2/c1-4-21-16(20)17(2,18-14-10-11-14)12-13-19(3)15-8-6-5-7-9-15/h5-9,14,18H,4,10-13H2,1-3H3. The lowest BCUT2D eigenvalue weighted by Crippen LogP contribution is -2.53. The van der Waals surface area contributed by atoms with Crippen molar-refractivity contribution in [1.82, 2.24) is 5.32 Å². The molecule has 0 aromatic heterocycles. The zero-order chi connectivity index (χ0) is 15.3. The summed E-state index contributed by atoms with van der Waals surface area (Å²) < 4.78 is 5.25. The topological polar surface area (TPSA) is 41.6 Å². The quantitative estimate of drug-likeness (QED) is 0.747. The van der Waals surface area contributed by atoms with Crippen LogP contribution in [0.2, 0.25) is 0 Å². The Morgan fingerprint density at radius 3 is 2.62 bits per heavy atom. The minimum Gasteiger partial charge on any atom is -0.465 e. The minimum atomic E-state index is -0.597. The van der Waals surface area contributed by atoms with E-state index in [1.807, 2.05) is 32.0 Å². The van der Waals surface area contributed by atoms with Crippen molar-refractivity contribution in [2.75, 3.05) is 25.1 Å². The second-order valence-electron chi connectivity index (χ2n) is 5.98. The summed E-state index contributed by atoms with van der Waals surface area (Å²) in [6, 6.07) is 10.7. The second kappa shape index (κ2) is 6.94. The van der Waals surface area contributed by atoms with Gasteiger partial charge < -0.3 is 9.64 Å². The molecule has 1 saturated carbocycles. The summed E-state index contributed by atoms with van der Waals surface area (Å²) in [5, 5.41) is 3.46. The van der Waals surface area contributed by atoms with Gasteiger partial charge in [-0.05, 0) is 45.2 Å². The molecule has 0 amide bonds. The van der Waals surface area contributed by atoms with Gasteiger partial charge in [0.2, 0.25) is 0 Å². The van der Waals surface area contributed by atoms with Crippen molar-refractivity contribution in [3.8, 4) is 0 Å². The van der Waals surface area contributed by atoms with Crippen LogP contribution in [-0.2, 0) is 9.53 Å². The smallest absolute Gasteiger partial charge is 0.326 e. The lowest BCUT2D eigenvalue weighted by Gasteiger charge is -2.31. The Kier molecular flexibility index (Phi) is 5.23. The van der Waals surface area contributed by atoms with Gasteiger partial charge in [0.25, 0.3) is 0 Å². The van der Waals surface area contributed by atoms with Gasteiger partial charge in [0.05, 0.1) is 6.61 Å². The fourth-order valence-corrected chi connectivity index (χ4v) is 2.40. The van der Waals surface area contributed by atoms with Crippen LogP contribution >= 0.6 is 0 Å². The molecule has 0 heterocycles. The van der Waals surface area contributed by atoms with Crippen molar-refractivity contribution in [3.05, 3.63) is 30.3 Å². The molecule has 1 N–H and O–H groups in total. The largest absolute Gasteiger partial charge is 0.465 e. The number of carbonyl (C=O) groups is 1. The number of carbonyl (C=O) groups excluding carboxylic acids is 1. The van der Waals surface area contributed by atoms with Crippen molar-refractivity contribution in [2.45, 2.75) is 44.7 Å². The van der Waals surface area contributed by atoms with E-state index in [0.29, 0.717) is 12.6 Å². The van der Waals surface area contributed by atoms with E-state index in [9.17, 15) is 4.79 Å². The van der Waals surface area contributed by atoms with Gasteiger partial charge in [-0.2, -0.15) is 0 Å². The Balaban J connectivity index is 1.96. The van der Waals surface area contributed by atoms with Crippen LogP contribution in [0.15, 0.2) is 30.3 Å². The van der Waals surface area contributed by atoms with Crippen LogP contribution in [0.4, 0.5) is 5.69 Å². The molecular weight excluding hydrogens is 264 g/mol. The van der Waals surface area contributed by atoms with Crippen molar-refractivity contribution >= 4 is 11.7 Å². The van der Waals surface area contributed by atoms with Crippen LogP contribution in [0.25, 0.3) is 0 Å². The number of para-hydroxylation sites is 1. The highest BCUT2D eigenvalue weighted by molar-refractivity contribution is 5.80. The zero-order valence-electron chi connectivity index (χ0n) is 13.3. The molecule has 116 valence electrons. The first-order valence-corrected chi connectivity index (χ1v) is 7.76. The molecule has 1 aliphatic carbocycles. The SMILES string of the molecule is CCOC(=O)C(C)(CCN(C)c1ccccc1)NC1CC1. The molecule has 4 nitrogen and oxygen atoms in total. The average molecular weight is 290 g/mol. The second-order valence-corrected chi connectivity index (χ2v) is 5.98. The molecule has 1 fully saturated rings. The molecule has 1 aromatic carbocycles. The zero-order valence-corrected chi connectivity index (χ0v) is 13.3. The molecule has 0 saturated heterocycles. The summed E-state index contributed by atoms with van der Waals surface area (Å²) in [6.07, 6.45) is 3.04. The third kappa shape index (κ3) is 4.46. The third-order valence-corrected chi connectivity index (χ3v) is 3.97. The highest BCUT2D eigenvalue weighted by atomic mass is 16.5. The fourth-order valence-electron chi connectivity index (χ4n) is 2.40. The number of benzene rings is 1. The van der Waals surface area contributed by atoms with Crippen molar-refractivity contribution in [2.24, 2.45) is 0 Å². The van der Waals surface area contributed by atoms with Gasteiger partial charge in [-0.15, -0.1) is 0 Å². The Bertz CT molecular complexity index is 459. The number of ether oxygens (including phenoxy) is 1. The van der Waals surface area contributed by atoms with E-state index in [2.05, 4.69) is 29.4 Å². The number of hydrogen-bond donors (Lipinski definition) is 1. The van der Waals surface area contributed by atoms with Gasteiger partial charge in [-0.25, -0.2) is 0 Å². The van der Waals surface area contributed by atoms with E-state index < -0.39 is 5.54 Å². The van der Waals surface area contributed by atoms with E-state index in [-0.39, 0.29) is 5.97 Å². The summed E-state index contributed by atoms with van der Waals surface area (Å²) in [7, 11) is 2.05. The van der Waals surface area contributed by atoms with E-state index in [4.69, 9.17) is 4.74 Å². The van der Waals surface area contributed by atoms with Crippen LogP contribution in [-0.4, -0.2) is 37.7 Å². The first kappa shape index (κ1) is 15.8. The lowest BCUT2D eigenvalue weighted by molar-refractivity contribution is -0.150. The Morgan fingerprint density at radius 2 is 2.05 bits per heavy atom. The van der Waals surface area contributed by atoms with E-state index in [1.165, 1.54) is 0 Å². The first-order chi connectivity index (χ1) is 10.0. The maximum absolute atomic E-state index is 12.3. The highest BCUT2D eigenvalue weighted by Gasteiger charge is 2.39. The number of nitrogens with zero attached hydrogens (tertiary/aromatic N) is 1. The highest BCUT2D eigenvalue weighted by Crippen LogP contribution is 2.25. The van der Waals surface area contributed by atoms with Crippen LogP contribution < -0.4 is 10.2 Å². The number of nitrogens with one attached hydrogen (secondary N) is 1. The first-order valence-electron chi connectivity index (χ1n) is 7.76. The maximum atomic E-state index is 12.3. The van der Waals surface area contributed by atoms with Crippen molar-refractivity contribution in [3.63, 3.8) is 0 Å². The van der Waals surface area contributed by atoms with Gasteiger partial charge in [0.1, 0.15) is 5.54 Å². The lowest BCUT2D eigenvalue weighted by atomic mass is 9.97. The summed E-state index contributed by atoms with van der Waals surface area (Å²) in [5.74, 6) is -0.140.